The molecule has 0 saturated heterocycles. The van der Waals surface area contributed by atoms with Crippen LogP contribution in [0.2, 0.25) is 0 Å². The summed E-state index contributed by atoms with van der Waals surface area (Å²) in [6.07, 6.45) is 6.12. The van der Waals surface area contributed by atoms with Crippen LogP contribution in [0.15, 0.2) is 42.5 Å². The lowest BCUT2D eigenvalue weighted by molar-refractivity contribution is -0.153. The summed E-state index contributed by atoms with van der Waals surface area (Å²) in [5, 5.41) is 5.29. The van der Waals surface area contributed by atoms with E-state index in [9.17, 15) is 18.0 Å². The van der Waals surface area contributed by atoms with Gasteiger partial charge in [0.05, 0.1) is 17.6 Å². The van der Waals surface area contributed by atoms with E-state index in [1.165, 1.54) is 44.2 Å². The van der Waals surface area contributed by atoms with E-state index in [4.69, 9.17) is 9.47 Å². The van der Waals surface area contributed by atoms with Gasteiger partial charge in [0.15, 0.2) is 6.61 Å². The van der Waals surface area contributed by atoms with Crippen molar-refractivity contribution >= 4 is 27.8 Å². The van der Waals surface area contributed by atoms with E-state index in [-0.39, 0.29) is 17.8 Å². The Kier molecular flexibility index (Phi) is 12.3. The van der Waals surface area contributed by atoms with Crippen molar-refractivity contribution in [1.29, 1.82) is 0 Å². The molecule has 8 heteroatoms. The highest BCUT2D eigenvalue weighted by Crippen LogP contribution is 2.27. The third-order valence-electron chi connectivity index (χ3n) is 6.78. The average molecular weight is 547 g/mol. The molecule has 2 aromatic carbocycles. The summed E-state index contributed by atoms with van der Waals surface area (Å²) >= 11 is 0. The fraction of sp³-hybridized carbons (Fsp3) is 0.548. The van der Waals surface area contributed by atoms with Crippen LogP contribution in [0.5, 0.6) is 5.75 Å². The number of halogens is 3. The molecule has 1 aromatic heterocycles. The van der Waals surface area contributed by atoms with Gasteiger partial charge in [-0.1, -0.05) is 57.6 Å². The summed E-state index contributed by atoms with van der Waals surface area (Å²) in [6, 6.07) is 12.9. The van der Waals surface area contributed by atoms with E-state index in [1.807, 2.05) is 18.2 Å². The number of rotatable bonds is 17. The second-order valence-electron chi connectivity index (χ2n) is 10.2. The first kappa shape index (κ1) is 30.7. The first-order valence-electron chi connectivity index (χ1n) is 14.2. The number of hydrogen-bond donors (Lipinski definition) is 1. The minimum absolute atomic E-state index is 0.0910. The SMILES string of the molecule is CCCCCCCCCC(=O)OCCCCNC(C)c1ccc2cc3ccc(OCC(F)(F)F)cc3nc2c1. The first-order valence-corrected chi connectivity index (χ1v) is 14.2. The molecule has 0 aliphatic carbocycles. The van der Waals surface area contributed by atoms with Crippen LogP contribution in [0.4, 0.5) is 13.2 Å². The van der Waals surface area contributed by atoms with E-state index in [0.29, 0.717) is 18.5 Å². The minimum Gasteiger partial charge on any atom is -0.484 e. The second-order valence-corrected chi connectivity index (χ2v) is 10.2. The Morgan fingerprint density at radius 3 is 2.33 bits per heavy atom. The topological polar surface area (TPSA) is 60.5 Å². The standard InChI is InChI=1S/C31H41F3N2O3/c1-3-4-5-6-7-8-9-12-30(37)38-18-11-10-17-35-23(2)24-13-14-25-19-26-15-16-27(39-22-31(32,33)34)21-29(26)36-28(25)20-24/h13-16,19-21,23,35H,3-12,17-18,22H2,1-2H3. The molecule has 3 aromatic rings. The smallest absolute Gasteiger partial charge is 0.422 e. The maximum Gasteiger partial charge on any atom is 0.422 e. The van der Waals surface area contributed by atoms with Gasteiger partial charge in [-0.15, -0.1) is 0 Å². The molecular formula is C31H41F3N2O3. The van der Waals surface area contributed by atoms with Crippen molar-refractivity contribution in [3.05, 3.63) is 48.0 Å². The van der Waals surface area contributed by atoms with Gasteiger partial charge in [-0.25, -0.2) is 4.98 Å². The minimum atomic E-state index is -4.39. The highest BCUT2D eigenvalue weighted by Gasteiger charge is 2.28. The lowest BCUT2D eigenvalue weighted by Crippen LogP contribution is -2.20. The van der Waals surface area contributed by atoms with Crippen molar-refractivity contribution < 1.29 is 27.4 Å². The van der Waals surface area contributed by atoms with Crippen LogP contribution in [0.25, 0.3) is 21.8 Å². The number of hydrogen-bond acceptors (Lipinski definition) is 5. The Balaban J connectivity index is 1.39. The lowest BCUT2D eigenvalue weighted by Gasteiger charge is -2.15. The molecule has 0 saturated carbocycles. The molecule has 0 aliphatic rings. The number of fused-ring (bicyclic) bond motifs is 2. The largest absolute Gasteiger partial charge is 0.484 e. The molecule has 39 heavy (non-hydrogen) atoms. The van der Waals surface area contributed by atoms with Crippen molar-refractivity contribution in [2.24, 2.45) is 0 Å². The first-order chi connectivity index (χ1) is 18.7. The monoisotopic (exact) mass is 546 g/mol. The summed E-state index contributed by atoms with van der Waals surface area (Å²) in [6.45, 7) is 4.20. The Morgan fingerprint density at radius 2 is 1.59 bits per heavy atom. The molecule has 0 aliphatic heterocycles. The molecule has 1 atom stereocenters. The van der Waals surface area contributed by atoms with Gasteiger partial charge >= 0.3 is 12.1 Å². The molecular weight excluding hydrogens is 505 g/mol. The van der Waals surface area contributed by atoms with Crippen LogP contribution < -0.4 is 10.1 Å². The number of benzene rings is 2. The molecule has 1 unspecified atom stereocenters. The fourth-order valence-electron chi connectivity index (χ4n) is 4.49. The van der Waals surface area contributed by atoms with E-state index in [2.05, 4.69) is 30.2 Å². The molecule has 0 amide bonds. The van der Waals surface area contributed by atoms with Gasteiger partial charge in [0.25, 0.3) is 0 Å². The number of carbonyl (C=O) groups is 1. The lowest BCUT2D eigenvalue weighted by atomic mass is 10.0. The van der Waals surface area contributed by atoms with E-state index in [0.717, 1.165) is 54.1 Å². The van der Waals surface area contributed by atoms with Gasteiger partial charge in [0.1, 0.15) is 5.75 Å². The van der Waals surface area contributed by atoms with Gasteiger partial charge in [-0.3, -0.25) is 4.79 Å². The zero-order chi connectivity index (χ0) is 28.1. The number of pyridine rings is 1. The van der Waals surface area contributed by atoms with E-state index < -0.39 is 12.8 Å². The average Bonchev–Trinajstić information content (AvgIpc) is 2.91. The summed E-state index contributed by atoms with van der Waals surface area (Å²) in [5.74, 6) is 0.0430. The summed E-state index contributed by atoms with van der Waals surface area (Å²) < 4.78 is 47.7. The quantitative estimate of drug-likeness (QED) is 0.105. The summed E-state index contributed by atoms with van der Waals surface area (Å²) in [5.41, 5.74) is 2.43. The number of nitrogens with one attached hydrogen (secondary N) is 1. The maximum atomic E-state index is 12.5. The summed E-state index contributed by atoms with van der Waals surface area (Å²) in [7, 11) is 0. The third kappa shape index (κ3) is 11.0. The number of alkyl halides is 3. The van der Waals surface area contributed by atoms with Gasteiger partial charge in [-0.2, -0.15) is 13.2 Å². The van der Waals surface area contributed by atoms with Crippen molar-refractivity contribution in [1.82, 2.24) is 10.3 Å². The zero-order valence-electron chi connectivity index (χ0n) is 23.1. The predicted octanol–water partition coefficient (Wildman–Crippen LogP) is 8.44. The highest BCUT2D eigenvalue weighted by atomic mass is 19.4. The molecule has 0 fully saturated rings. The van der Waals surface area contributed by atoms with Gasteiger partial charge < -0.3 is 14.8 Å². The van der Waals surface area contributed by atoms with Crippen LogP contribution >= 0.6 is 0 Å². The fourth-order valence-corrected chi connectivity index (χ4v) is 4.49. The second kappa shape index (κ2) is 15.7. The third-order valence-corrected chi connectivity index (χ3v) is 6.78. The predicted molar refractivity (Wildman–Crippen MR) is 150 cm³/mol. The van der Waals surface area contributed by atoms with Crippen LogP contribution in [-0.2, 0) is 9.53 Å². The number of ether oxygens (including phenoxy) is 2. The molecule has 5 nitrogen and oxygen atoms in total. The maximum absolute atomic E-state index is 12.5. The van der Waals surface area contributed by atoms with E-state index in [1.54, 1.807) is 6.07 Å². The molecule has 1 N–H and O–H groups in total. The van der Waals surface area contributed by atoms with Gasteiger partial charge in [0, 0.05) is 29.3 Å². The van der Waals surface area contributed by atoms with Crippen LogP contribution in [0.3, 0.4) is 0 Å². The van der Waals surface area contributed by atoms with Gasteiger partial charge in [-0.05, 0) is 62.6 Å². The Labute approximate surface area is 229 Å². The van der Waals surface area contributed by atoms with Crippen LogP contribution in [-0.4, -0.2) is 36.9 Å². The van der Waals surface area contributed by atoms with Crippen molar-refractivity contribution in [2.45, 2.75) is 90.3 Å². The van der Waals surface area contributed by atoms with Crippen molar-refractivity contribution in [3.8, 4) is 5.75 Å². The molecule has 1 heterocycles. The van der Waals surface area contributed by atoms with E-state index >= 15 is 0 Å². The molecule has 0 spiro atoms. The van der Waals surface area contributed by atoms with Crippen molar-refractivity contribution in [3.63, 3.8) is 0 Å². The number of unbranched alkanes of at least 4 members (excludes halogenated alkanes) is 7. The number of esters is 1. The normalized spacial score (nSPS) is 12.6. The highest BCUT2D eigenvalue weighted by molar-refractivity contribution is 5.93. The van der Waals surface area contributed by atoms with Gasteiger partial charge in [0.2, 0.25) is 0 Å². The molecule has 0 radical (unpaired) electrons. The molecule has 214 valence electrons. The molecule has 0 bridgehead atoms. The Hall–Kier alpha value is -2.87. The number of aromatic nitrogens is 1. The van der Waals surface area contributed by atoms with Crippen molar-refractivity contribution in [2.75, 3.05) is 19.8 Å². The Bertz CT molecular complexity index is 1180. The Morgan fingerprint density at radius 1 is 0.897 bits per heavy atom. The molecule has 3 rings (SSSR count). The number of carbonyl (C=O) groups excluding carboxylic acids is 1. The van der Waals surface area contributed by atoms with Crippen LogP contribution in [0.1, 0.15) is 89.7 Å². The number of nitrogens with zero attached hydrogens (tertiary/aromatic N) is 1. The summed E-state index contributed by atoms with van der Waals surface area (Å²) in [4.78, 5) is 16.6. The zero-order valence-corrected chi connectivity index (χ0v) is 23.1. The van der Waals surface area contributed by atoms with Crippen LogP contribution in [0, 0.1) is 0 Å².